The van der Waals surface area contributed by atoms with Crippen LogP contribution in [0.4, 0.5) is 4.79 Å². The van der Waals surface area contributed by atoms with Gasteiger partial charge in [0.05, 0.1) is 19.1 Å². The molecule has 1 unspecified atom stereocenters. The normalized spacial score (nSPS) is 11.4. The Bertz CT molecular complexity index is 346. The zero-order valence-electron chi connectivity index (χ0n) is 11.8. The Balaban J connectivity index is 4.51. The molecule has 0 rings (SSSR count). The van der Waals surface area contributed by atoms with Gasteiger partial charge in [0, 0.05) is 20.2 Å². The summed E-state index contributed by atoms with van der Waals surface area (Å²) in [6.45, 7) is 0.904. The van der Waals surface area contributed by atoms with E-state index in [2.05, 4.69) is 5.32 Å². The number of hydrogen-bond donors (Lipinski definition) is 2. The minimum atomic E-state index is -1.06. The number of nitrogens with zero attached hydrogens (tertiary/aromatic N) is 2. The first-order valence-electron chi connectivity index (χ1n) is 6.19. The number of carbonyl (C=O) groups excluding carboxylic acids is 1. The van der Waals surface area contributed by atoms with Crippen LogP contribution in [0.1, 0.15) is 12.8 Å². The van der Waals surface area contributed by atoms with Crippen LogP contribution in [-0.2, 0) is 9.53 Å². The van der Waals surface area contributed by atoms with E-state index in [1.54, 1.807) is 0 Å². The van der Waals surface area contributed by atoms with Gasteiger partial charge in [-0.25, -0.2) is 9.59 Å². The van der Waals surface area contributed by atoms with E-state index in [0.29, 0.717) is 25.3 Å². The van der Waals surface area contributed by atoms with Crippen LogP contribution in [0, 0.1) is 11.3 Å². The molecule has 2 amide bonds. The number of thioether (sulfide) groups is 1. The fourth-order valence-electron chi connectivity index (χ4n) is 1.43. The van der Waals surface area contributed by atoms with E-state index < -0.39 is 18.0 Å². The van der Waals surface area contributed by atoms with Crippen LogP contribution < -0.4 is 5.32 Å². The summed E-state index contributed by atoms with van der Waals surface area (Å²) in [6.07, 6.45) is 2.43. The van der Waals surface area contributed by atoms with Gasteiger partial charge in [-0.05, 0) is 18.4 Å². The minimum absolute atomic E-state index is 0.194. The molecule has 0 spiro atoms. The van der Waals surface area contributed by atoms with Gasteiger partial charge in [0.2, 0.25) is 0 Å². The Kier molecular flexibility index (Phi) is 10.5. The van der Waals surface area contributed by atoms with Crippen molar-refractivity contribution in [3.8, 4) is 6.07 Å². The molecule has 0 aliphatic heterocycles. The van der Waals surface area contributed by atoms with Gasteiger partial charge < -0.3 is 20.1 Å². The third-order valence-electron chi connectivity index (χ3n) is 2.55. The molecule has 7 nitrogen and oxygen atoms in total. The molecule has 0 saturated carbocycles. The molecule has 0 saturated heterocycles. The first kappa shape index (κ1) is 18.5. The van der Waals surface area contributed by atoms with Crippen molar-refractivity contribution in [3.63, 3.8) is 0 Å². The number of carbonyl (C=O) groups is 2. The molecular weight excluding hydrogens is 282 g/mol. The maximum Gasteiger partial charge on any atom is 0.326 e. The topological polar surface area (TPSA) is 103 Å². The maximum atomic E-state index is 12.0. The van der Waals surface area contributed by atoms with Crippen LogP contribution >= 0.6 is 11.8 Å². The SMILES string of the molecule is COCCN(CCC#N)C(=O)NC(CCSC)C(=O)O. The maximum absolute atomic E-state index is 12.0. The van der Waals surface area contributed by atoms with Crippen LogP contribution in [0.2, 0.25) is 0 Å². The summed E-state index contributed by atoms with van der Waals surface area (Å²) in [5, 5.41) is 20.1. The predicted octanol–water partition coefficient (Wildman–Crippen LogP) is 0.764. The average Bonchev–Trinajstić information content (AvgIpc) is 2.43. The Morgan fingerprint density at radius 3 is 2.70 bits per heavy atom. The van der Waals surface area contributed by atoms with Gasteiger partial charge in [0.1, 0.15) is 6.04 Å². The molecule has 0 aromatic heterocycles. The zero-order chi connectivity index (χ0) is 15.4. The highest BCUT2D eigenvalue weighted by Gasteiger charge is 2.22. The lowest BCUT2D eigenvalue weighted by Gasteiger charge is -2.24. The molecule has 1 atom stereocenters. The monoisotopic (exact) mass is 303 g/mol. The quantitative estimate of drug-likeness (QED) is 0.618. The number of urea groups is 1. The number of nitriles is 1. The molecular formula is C12H21N3O4S. The number of hydrogen-bond acceptors (Lipinski definition) is 5. The molecule has 20 heavy (non-hydrogen) atoms. The number of rotatable bonds is 10. The summed E-state index contributed by atoms with van der Waals surface area (Å²) in [5.41, 5.74) is 0. The third-order valence-corrected chi connectivity index (χ3v) is 3.20. The fraction of sp³-hybridized carbons (Fsp3) is 0.750. The number of carboxylic acid groups (broad SMARTS) is 1. The van der Waals surface area contributed by atoms with E-state index in [0.717, 1.165) is 0 Å². The first-order chi connectivity index (χ1) is 9.56. The second-order valence-corrected chi connectivity index (χ2v) is 5.00. The van der Waals surface area contributed by atoms with Crippen molar-refractivity contribution < 1.29 is 19.4 Å². The Labute approximate surface area is 123 Å². The molecule has 114 valence electrons. The second kappa shape index (κ2) is 11.4. The Hall–Kier alpha value is -1.46. The van der Waals surface area contributed by atoms with Crippen molar-refractivity contribution in [2.24, 2.45) is 0 Å². The van der Waals surface area contributed by atoms with E-state index in [4.69, 9.17) is 15.1 Å². The molecule has 0 aromatic rings. The molecule has 0 radical (unpaired) electrons. The predicted molar refractivity (Wildman–Crippen MR) is 76.6 cm³/mol. The van der Waals surface area contributed by atoms with Crippen molar-refractivity contribution in [2.75, 3.05) is 38.8 Å². The summed E-state index contributed by atoms with van der Waals surface area (Å²) in [6, 6.07) is 0.562. The van der Waals surface area contributed by atoms with E-state index in [1.165, 1.54) is 23.8 Å². The Morgan fingerprint density at radius 1 is 1.50 bits per heavy atom. The smallest absolute Gasteiger partial charge is 0.326 e. The van der Waals surface area contributed by atoms with Crippen molar-refractivity contribution in [3.05, 3.63) is 0 Å². The van der Waals surface area contributed by atoms with Gasteiger partial charge in [0.25, 0.3) is 0 Å². The van der Waals surface area contributed by atoms with Gasteiger partial charge in [-0.15, -0.1) is 0 Å². The number of nitrogens with one attached hydrogen (secondary N) is 1. The van der Waals surface area contributed by atoms with E-state index in [-0.39, 0.29) is 13.0 Å². The largest absolute Gasteiger partial charge is 0.480 e. The van der Waals surface area contributed by atoms with Crippen molar-refractivity contribution >= 4 is 23.8 Å². The van der Waals surface area contributed by atoms with Crippen LogP contribution in [-0.4, -0.2) is 66.9 Å². The zero-order valence-corrected chi connectivity index (χ0v) is 12.6. The van der Waals surface area contributed by atoms with E-state index >= 15 is 0 Å². The lowest BCUT2D eigenvalue weighted by Crippen LogP contribution is -2.49. The number of aliphatic carboxylic acids is 1. The van der Waals surface area contributed by atoms with Gasteiger partial charge >= 0.3 is 12.0 Å². The van der Waals surface area contributed by atoms with E-state index in [9.17, 15) is 9.59 Å². The fourth-order valence-corrected chi connectivity index (χ4v) is 1.91. The van der Waals surface area contributed by atoms with Crippen LogP contribution in [0.25, 0.3) is 0 Å². The molecule has 0 aliphatic rings. The summed E-state index contributed by atoms with van der Waals surface area (Å²) < 4.78 is 4.90. The summed E-state index contributed by atoms with van der Waals surface area (Å²) in [4.78, 5) is 24.5. The Morgan fingerprint density at radius 2 is 2.20 bits per heavy atom. The molecule has 0 heterocycles. The number of amides is 2. The standard InChI is InChI=1S/C12H21N3O4S/c1-19-8-7-15(6-3-5-13)12(18)14-10(11(16)17)4-9-20-2/h10H,3-4,6-9H2,1-2H3,(H,14,18)(H,16,17). The molecule has 2 N–H and O–H groups in total. The summed E-state index contributed by atoms with van der Waals surface area (Å²) >= 11 is 1.52. The minimum Gasteiger partial charge on any atom is -0.480 e. The van der Waals surface area contributed by atoms with Gasteiger partial charge in [0.15, 0.2) is 0 Å². The second-order valence-electron chi connectivity index (χ2n) is 4.01. The van der Waals surface area contributed by atoms with Gasteiger partial charge in [-0.2, -0.15) is 17.0 Å². The number of methoxy groups -OCH3 is 1. The number of ether oxygens (including phenoxy) is 1. The van der Waals surface area contributed by atoms with E-state index in [1.807, 2.05) is 12.3 Å². The highest BCUT2D eigenvalue weighted by atomic mass is 32.2. The molecule has 8 heteroatoms. The van der Waals surface area contributed by atoms with Gasteiger partial charge in [-0.3, -0.25) is 0 Å². The van der Waals surface area contributed by atoms with Gasteiger partial charge in [-0.1, -0.05) is 0 Å². The highest BCUT2D eigenvalue weighted by molar-refractivity contribution is 7.98. The summed E-state index contributed by atoms with van der Waals surface area (Å²) in [7, 11) is 1.51. The summed E-state index contributed by atoms with van der Waals surface area (Å²) in [5.74, 6) is -0.410. The van der Waals surface area contributed by atoms with Crippen LogP contribution in [0.5, 0.6) is 0 Å². The van der Waals surface area contributed by atoms with Crippen LogP contribution in [0.3, 0.4) is 0 Å². The molecule has 0 fully saturated rings. The lowest BCUT2D eigenvalue weighted by molar-refractivity contribution is -0.139. The lowest BCUT2D eigenvalue weighted by atomic mass is 10.2. The van der Waals surface area contributed by atoms with Crippen molar-refractivity contribution in [1.29, 1.82) is 5.26 Å². The van der Waals surface area contributed by atoms with Crippen molar-refractivity contribution in [1.82, 2.24) is 10.2 Å². The number of carboxylic acids is 1. The van der Waals surface area contributed by atoms with Crippen molar-refractivity contribution in [2.45, 2.75) is 18.9 Å². The molecule has 0 bridgehead atoms. The van der Waals surface area contributed by atoms with Crippen LogP contribution in [0.15, 0.2) is 0 Å². The first-order valence-corrected chi connectivity index (χ1v) is 7.59. The molecule has 0 aliphatic carbocycles. The molecule has 0 aromatic carbocycles. The highest BCUT2D eigenvalue weighted by Crippen LogP contribution is 2.02. The average molecular weight is 303 g/mol. The third kappa shape index (κ3) is 7.86.